The van der Waals surface area contributed by atoms with E-state index < -0.39 is 0 Å². The lowest BCUT2D eigenvalue weighted by Crippen LogP contribution is -1.97. The molecule has 2 aromatic rings. The van der Waals surface area contributed by atoms with Crippen LogP contribution in [0.4, 0.5) is 5.82 Å². The molecule has 1 aromatic carbocycles. The van der Waals surface area contributed by atoms with Crippen LogP contribution >= 0.6 is 23.2 Å². The SMILES string of the molecule is Cn1ncc(-c2ccc(Cl)c(Cl)c2)c1N. The molecule has 15 heavy (non-hydrogen) atoms. The van der Waals surface area contributed by atoms with Gasteiger partial charge in [0.15, 0.2) is 0 Å². The van der Waals surface area contributed by atoms with Crippen molar-refractivity contribution in [3.05, 3.63) is 34.4 Å². The normalized spacial score (nSPS) is 10.6. The number of hydrogen-bond donors (Lipinski definition) is 1. The predicted molar refractivity (Wildman–Crippen MR) is 63.1 cm³/mol. The fourth-order valence-corrected chi connectivity index (χ4v) is 1.63. The number of rotatable bonds is 1. The van der Waals surface area contributed by atoms with Crippen LogP contribution in [0.15, 0.2) is 24.4 Å². The summed E-state index contributed by atoms with van der Waals surface area (Å²) < 4.78 is 1.61. The average molecular weight is 242 g/mol. The molecule has 1 heterocycles. The van der Waals surface area contributed by atoms with E-state index in [2.05, 4.69) is 5.10 Å². The minimum atomic E-state index is 0.511. The third-order valence-electron chi connectivity index (χ3n) is 2.22. The number of nitrogen functional groups attached to an aromatic ring is 1. The van der Waals surface area contributed by atoms with Gasteiger partial charge in [-0.15, -0.1) is 0 Å². The van der Waals surface area contributed by atoms with Crippen LogP contribution in [0.3, 0.4) is 0 Å². The summed E-state index contributed by atoms with van der Waals surface area (Å²) >= 11 is 11.8. The number of anilines is 1. The maximum Gasteiger partial charge on any atom is 0.129 e. The van der Waals surface area contributed by atoms with Crippen molar-refractivity contribution in [2.45, 2.75) is 0 Å². The number of hydrogen-bond acceptors (Lipinski definition) is 2. The van der Waals surface area contributed by atoms with Gasteiger partial charge in [0.25, 0.3) is 0 Å². The van der Waals surface area contributed by atoms with Crippen molar-refractivity contribution in [2.24, 2.45) is 7.05 Å². The summed E-state index contributed by atoms with van der Waals surface area (Å²) in [6.45, 7) is 0. The molecule has 0 bridgehead atoms. The first-order valence-corrected chi connectivity index (χ1v) is 5.08. The molecule has 0 atom stereocenters. The Morgan fingerprint density at radius 1 is 1.27 bits per heavy atom. The zero-order chi connectivity index (χ0) is 11.0. The molecular weight excluding hydrogens is 233 g/mol. The van der Waals surface area contributed by atoms with Crippen LogP contribution in [-0.4, -0.2) is 9.78 Å². The number of nitrogens with zero attached hydrogens (tertiary/aromatic N) is 2. The Morgan fingerprint density at radius 3 is 2.53 bits per heavy atom. The minimum absolute atomic E-state index is 0.511. The van der Waals surface area contributed by atoms with E-state index in [1.165, 1.54) is 0 Å². The second-order valence-corrected chi connectivity index (χ2v) is 4.01. The lowest BCUT2D eigenvalue weighted by Gasteiger charge is -2.02. The largest absolute Gasteiger partial charge is 0.383 e. The molecule has 0 aliphatic carbocycles. The maximum absolute atomic E-state index is 5.92. The lowest BCUT2D eigenvalue weighted by atomic mass is 10.1. The fraction of sp³-hybridized carbons (Fsp3) is 0.100. The highest BCUT2D eigenvalue weighted by molar-refractivity contribution is 6.42. The van der Waals surface area contributed by atoms with Gasteiger partial charge in [0.05, 0.1) is 16.2 Å². The molecule has 0 saturated carbocycles. The Hall–Kier alpha value is -1.19. The quantitative estimate of drug-likeness (QED) is 0.835. The first kappa shape index (κ1) is 10.3. The minimum Gasteiger partial charge on any atom is -0.383 e. The Morgan fingerprint density at radius 2 is 2.00 bits per heavy atom. The van der Waals surface area contributed by atoms with Crippen molar-refractivity contribution >= 4 is 29.0 Å². The van der Waals surface area contributed by atoms with E-state index in [0.29, 0.717) is 15.9 Å². The summed E-state index contributed by atoms with van der Waals surface area (Å²) in [6.07, 6.45) is 1.70. The van der Waals surface area contributed by atoms with Crippen LogP contribution < -0.4 is 5.73 Å². The first-order chi connectivity index (χ1) is 7.09. The van der Waals surface area contributed by atoms with Crippen molar-refractivity contribution in [3.63, 3.8) is 0 Å². The molecule has 0 spiro atoms. The smallest absolute Gasteiger partial charge is 0.129 e. The molecule has 0 aliphatic heterocycles. The average Bonchev–Trinajstić information content (AvgIpc) is 2.53. The van der Waals surface area contributed by atoms with E-state index in [4.69, 9.17) is 28.9 Å². The van der Waals surface area contributed by atoms with Gasteiger partial charge in [0.1, 0.15) is 5.82 Å². The van der Waals surface area contributed by atoms with Crippen LogP contribution in [-0.2, 0) is 7.05 Å². The first-order valence-electron chi connectivity index (χ1n) is 4.32. The van der Waals surface area contributed by atoms with Crippen LogP contribution in [0.25, 0.3) is 11.1 Å². The lowest BCUT2D eigenvalue weighted by molar-refractivity contribution is 0.779. The molecule has 2 rings (SSSR count). The Labute approximate surface area is 97.4 Å². The third kappa shape index (κ3) is 1.80. The van der Waals surface area contributed by atoms with Crippen molar-refractivity contribution in [2.75, 3.05) is 5.73 Å². The van der Waals surface area contributed by atoms with E-state index in [9.17, 15) is 0 Å². The molecule has 3 nitrogen and oxygen atoms in total. The monoisotopic (exact) mass is 241 g/mol. The molecule has 1 aromatic heterocycles. The van der Waals surface area contributed by atoms with Crippen LogP contribution in [0.1, 0.15) is 0 Å². The van der Waals surface area contributed by atoms with Gasteiger partial charge in [0, 0.05) is 12.6 Å². The zero-order valence-corrected chi connectivity index (χ0v) is 9.55. The highest BCUT2D eigenvalue weighted by Gasteiger charge is 2.08. The molecular formula is C10H9Cl2N3. The van der Waals surface area contributed by atoms with Gasteiger partial charge < -0.3 is 5.73 Å². The molecule has 0 amide bonds. The number of aromatic nitrogens is 2. The van der Waals surface area contributed by atoms with Crippen LogP contribution in [0.2, 0.25) is 10.0 Å². The summed E-state index contributed by atoms with van der Waals surface area (Å²) in [7, 11) is 1.79. The van der Waals surface area contributed by atoms with Gasteiger partial charge in [0.2, 0.25) is 0 Å². The molecule has 0 saturated heterocycles. The summed E-state index contributed by atoms with van der Waals surface area (Å²) in [6, 6.07) is 5.38. The molecule has 78 valence electrons. The van der Waals surface area contributed by atoms with Gasteiger partial charge in [-0.2, -0.15) is 5.10 Å². The predicted octanol–water partition coefficient (Wildman–Crippen LogP) is 2.98. The number of halogens is 2. The number of benzene rings is 1. The summed E-state index contributed by atoms with van der Waals surface area (Å²) in [5, 5.41) is 5.10. The highest BCUT2D eigenvalue weighted by atomic mass is 35.5. The summed E-state index contributed by atoms with van der Waals surface area (Å²) in [5.41, 5.74) is 7.62. The fourth-order valence-electron chi connectivity index (χ4n) is 1.33. The van der Waals surface area contributed by atoms with E-state index in [1.54, 1.807) is 30.1 Å². The van der Waals surface area contributed by atoms with Crippen molar-refractivity contribution in [1.82, 2.24) is 9.78 Å². The molecule has 0 unspecified atom stereocenters. The summed E-state index contributed by atoms with van der Waals surface area (Å²) in [5.74, 6) is 0.605. The van der Waals surface area contributed by atoms with Gasteiger partial charge in [-0.3, -0.25) is 4.68 Å². The van der Waals surface area contributed by atoms with Gasteiger partial charge in [-0.25, -0.2) is 0 Å². The standard InChI is InChI=1S/C10H9Cl2N3/c1-15-10(13)7(5-14-15)6-2-3-8(11)9(12)4-6/h2-5H,13H2,1H3. The highest BCUT2D eigenvalue weighted by Crippen LogP contribution is 2.30. The Balaban J connectivity index is 2.55. The summed E-state index contributed by atoms with van der Waals surface area (Å²) in [4.78, 5) is 0. The van der Waals surface area contributed by atoms with Gasteiger partial charge >= 0.3 is 0 Å². The molecule has 0 radical (unpaired) electrons. The van der Waals surface area contributed by atoms with E-state index in [1.807, 2.05) is 6.07 Å². The Kier molecular flexibility index (Phi) is 2.59. The second kappa shape index (κ2) is 3.76. The van der Waals surface area contributed by atoms with Crippen LogP contribution in [0, 0.1) is 0 Å². The topological polar surface area (TPSA) is 43.8 Å². The molecule has 2 N–H and O–H groups in total. The van der Waals surface area contributed by atoms with Crippen LogP contribution in [0.5, 0.6) is 0 Å². The second-order valence-electron chi connectivity index (χ2n) is 3.20. The maximum atomic E-state index is 5.92. The van der Waals surface area contributed by atoms with Crippen molar-refractivity contribution in [1.29, 1.82) is 0 Å². The molecule has 5 heteroatoms. The van der Waals surface area contributed by atoms with Crippen molar-refractivity contribution in [3.8, 4) is 11.1 Å². The van der Waals surface area contributed by atoms with Gasteiger partial charge in [-0.05, 0) is 17.7 Å². The van der Waals surface area contributed by atoms with E-state index >= 15 is 0 Å². The Bertz CT molecular complexity index is 505. The number of aryl methyl sites for hydroxylation is 1. The van der Waals surface area contributed by atoms with E-state index in [-0.39, 0.29) is 0 Å². The van der Waals surface area contributed by atoms with E-state index in [0.717, 1.165) is 11.1 Å². The molecule has 0 aliphatic rings. The molecule has 0 fully saturated rings. The van der Waals surface area contributed by atoms with Crippen molar-refractivity contribution < 1.29 is 0 Å². The number of nitrogens with two attached hydrogens (primary N) is 1. The zero-order valence-electron chi connectivity index (χ0n) is 8.04. The third-order valence-corrected chi connectivity index (χ3v) is 2.95. The van der Waals surface area contributed by atoms with Gasteiger partial charge in [-0.1, -0.05) is 29.3 Å².